The first-order valence-corrected chi connectivity index (χ1v) is 10.1. The van der Waals surface area contributed by atoms with Crippen LogP contribution in [0.25, 0.3) is 21.9 Å². The van der Waals surface area contributed by atoms with E-state index in [4.69, 9.17) is 4.42 Å². The van der Waals surface area contributed by atoms with Crippen molar-refractivity contribution in [2.24, 2.45) is 0 Å². The topological polar surface area (TPSA) is 133 Å². The standard InChI is InChI=1S/C24H22N2O6/c1-12-7-19(27)22-13(2)16(24(31)32-20(22)8-12)10-21(28)26-18(23(29)30)9-14-11-25-17-6-4-3-5-15(14)17/h3-8,11,18,25,27H,9-10H2,1-2H3,(H,26,28)(H,29,30)/t18-/m0/s1. The number of aromatic nitrogens is 1. The van der Waals surface area contributed by atoms with Gasteiger partial charge in [0.05, 0.1) is 17.4 Å². The van der Waals surface area contributed by atoms with Crippen molar-refractivity contribution in [1.29, 1.82) is 0 Å². The van der Waals surface area contributed by atoms with E-state index in [0.717, 1.165) is 22.0 Å². The summed E-state index contributed by atoms with van der Waals surface area (Å²) >= 11 is 0. The summed E-state index contributed by atoms with van der Waals surface area (Å²) in [4.78, 5) is 40.0. The molecule has 0 bridgehead atoms. The molecule has 4 rings (SSSR count). The number of nitrogens with one attached hydrogen (secondary N) is 2. The summed E-state index contributed by atoms with van der Waals surface area (Å²) in [5.41, 5.74) is 2.39. The molecule has 0 unspecified atom stereocenters. The number of rotatable bonds is 6. The third-order valence-electron chi connectivity index (χ3n) is 5.57. The average Bonchev–Trinajstić information content (AvgIpc) is 3.13. The first kappa shape index (κ1) is 21.2. The van der Waals surface area contributed by atoms with Crippen molar-refractivity contribution < 1.29 is 24.2 Å². The summed E-state index contributed by atoms with van der Waals surface area (Å²) in [6.45, 7) is 3.38. The Morgan fingerprint density at radius 2 is 1.94 bits per heavy atom. The third-order valence-corrected chi connectivity index (χ3v) is 5.57. The smallest absolute Gasteiger partial charge is 0.340 e. The van der Waals surface area contributed by atoms with E-state index in [1.807, 2.05) is 24.3 Å². The van der Waals surface area contributed by atoms with Crippen LogP contribution in [0.4, 0.5) is 0 Å². The molecular formula is C24H22N2O6. The number of phenolic OH excluding ortho intramolecular Hbond substituents is 1. The quantitative estimate of drug-likeness (QED) is 0.345. The Hall–Kier alpha value is -4.07. The van der Waals surface area contributed by atoms with Crippen molar-refractivity contribution in [3.63, 3.8) is 0 Å². The van der Waals surface area contributed by atoms with Gasteiger partial charge in [0, 0.05) is 23.5 Å². The number of fused-ring (bicyclic) bond motifs is 2. The minimum Gasteiger partial charge on any atom is -0.507 e. The molecule has 8 heteroatoms. The van der Waals surface area contributed by atoms with Crippen molar-refractivity contribution in [3.05, 3.63) is 75.3 Å². The van der Waals surface area contributed by atoms with Gasteiger partial charge in [0.1, 0.15) is 17.4 Å². The molecule has 0 saturated heterocycles. The van der Waals surface area contributed by atoms with Gasteiger partial charge in [-0.15, -0.1) is 0 Å². The molecule has 164 valence electrons. The van der Waals surface area contributed by atoms with Gasteiger partial charge in [0.25, 0.3) is 0 Å². The number of hydrogen-bond acceptors (Lipinski definition) is 5. The Morgan fingerprint density at radius 3 is 2.69 bits per heavy atom. The van der Waals surface area contributed by atoms with Crippen LogP contribution in [0.5, 0.6) is 5.75 Å². The first-order valence-electron chi connectivity index (χ1n) is 10.1. The molecule has 8 nitrogen and oxygen atoms in total. The second-order valence-electron chi connectivity index (χ2n) is 7.85. The van der Waals surface area contributed by atoms with Crippen molar-refractivity contribution in [3.8, 4) is 5.75 Å². The van der Waals surface area contributed by atoms with Crippen LogP contribution in [0, 0.1) is 13.8 Å². The number of benzene rings is 2. The lowest BCUT2D eigenvalue weighted by Crippen LogP contribution is -2.43. The summed E-state index contributed by atoms with van der Waals surface area (Å²) in [6.07, 6.45) is 1.44. The molecule has 0 aliphatic heterocycles. The van der Waals surface area contributed by atoms with Gasteiger partial charge in [-0.3, -0.25) is 4.79 Å². The highest BCUT2D eigenvalue weighted by molar-refractivity contribution is 5.91. The second-order valence-corrected chi connectivity index (χ2v) is 7.85. The lowest BCUT2D eigenvalue weighted by Gasteiger charge is -2.15. The van der Waals surface area contributed by atoms with Crippen LogP contribution < -0.4 is 10.9 Å². The van der Waals surface area contributed by atoms with Gasteiger partial charge in [0.2, 0.25) is 5.91 Å². The van der Waals surface area contributed by atoms with Crippen molar-refractivity contribution in [1.82, 2.24) is 10.3 Å². The molecule has 2 aromatic carbocycles. The van der Waals surface area contributed by atoms with E-state index in [2.05, 4.69) is 10.3 Å². The second kappa shape index (κ2) is 8.22. The number of aromatic amines is 1. The lowest BCUT2D eigenvalue weighted by atomic mass is 10.0. The number of carbonyl (C=O) groups is 2. The summed E-state index contributed by atoms with van der Waals surface area (Å²) in [5, 5.41) is 23.7. The number of H-pyrrole nitrogens is 1. The number of para-hydroxylation sites is 1. The van der Waals surface area contributed by atoms with Crippen LogP contribution >= 0.6 is 0 Å². The third kappa shape index (κ3) is 3.94. The average molecular weight is 434 g/mol. The molecule has 0 aliphatic rings. The molecule has 0 radical (unpaired) electrons. The zero-order valence-corrected chi connectivity index (χ0v) is 17.6. The Balaban J connectivity index is 1.58. The van der Waals surface area contributed by atoms with Crippen LogP contribution in [0.2, 0.25) is 0 Å². The minimum atomic E-state index is -1.18. The predicted molar refractivity (Wildman–Crippen MR) is 119 cm³/mol. The molecule has 0 saturated carbocycles. The molecule has 32 heavy (non-hydrogen) atoms. The van der Waals surface area contributed by atoms with Gasteiger partial charge in [-0.2, -0.15) is 0 Å². The van der Waals surface area contributed by atoms with Gasteiger partial charge >= 0.3 is 11.6 Å². The zero-order valence-electron chi connectivity index (χ0n) is 17.6. The van der Waals surface area contributed by atoms with Gasteiger partial charge in [-0.1, -0.05) is 18.2 Å². The highest BCUT2D eigenvalue weighted by Crippen LogP contribution is 2.30. The maximum Gasteiger partial charge on any atom is 0.340 e. The number of carboxylic acid groups (broad SMARTS) is 1. The van der Waals surface area contributed by atoms with Crippen LogP contribution in [0.3, 0.4) is 0 Å². The highest BCUT2D eigenvalue weighted by Gasteiger charge is 2.24. The van der Waals surface area contributed by atoms with Crippen LogP contribution in [-0.2, 0) is 22.4 Å². The van der Waals surface area contributed by atoms with E-state index in [-0.39, 0.29) is 29.7 Å². The van der Waals surface area contributed by atoms with E-state index in [9.17, 15) is 24.6 Å². The molecule has 4 aromatic rings. The van der Waals surface area contributed by atoms with E-state index in [1.54, 1.807) is 32.2 Å². The van der Waals surface area contributed by atoms with Gasteiger partial charge in [-0.25, -0.2) is 9.59 Å². The normalized spacial score (nSPS) is 12.2. The molecule has 1 atom stereocenters. The summed E-state index contributed by atoms with van der Waals surface area (Å²) < 4.78 is 5.31. The van der Waals surface area contributed by atoms with Crippen molar-refractivity contribution in [2.45, 2.75) is 32.7 Å². The van der Waals surface area contributed by atoms with Crippen LogP contribution in [-0.4, -0.2) is 33.1 Å². The monoisotopic (exact) mass is 434 g/mol. The molecule has 1 amide bonds. The van der Waals surface area contributed by atoms with E-state index < -0.39 is 23.5 Å². The van der Waals surface area contributed by atoms with Crippen molar-refractivity contribution >= 4 is 33.7 Å². The molecule has 0 fully saturated rings. The fourth-order valence-electron chi connectivity index (χ4n) is 3.99. The van der Waals surface area contributed by atoms with Gasteiger partial charge in [0.15, 0.2) is 0 Å². The first-order chi connectivity index (χ1) is 15.2. The number of aryl methyl sites for hydroxylation is 2. The molecule has 0 spiro atoms. The summed E-state index contributed by atoms with van der Waals surface area (Å²) in [7, 11) is 0. The summed E-state index contributed by atoms with van der Waals surface area (Å²) in [6, 6.07) is 9.48. The van der Waals surface area contributed by atoms with E-state index in [1.165, 1.54) is 0 Å². The number of aliphatic carboxylic acids is 1. The maximum atomic E-state index is 12.7. The fourth-order valence-corrected chi connectivity index (χ4v) is 3.99. The molecule has 2 aromatic heterocycles. The number of carboxylic acids is 1. The molecule has 2 heterocycles. The molecular weight excluding hydrogens is 412 g/mol. The summed E-state index contributed by atoms with van der Waals surface area (Å²) in [5.74, 6) is -1.86. The van der Waals surface area contributed by atoms with Crippen LogP contribution in [0.15, 0.2) is 51.8 Å². The zero-order chi connectivity index (χ0) is 23.0. The lowest BCUT2D eigenvalue weighted by molar-refractivity contribution is -0.141. The minimum absolute atomic E-state index is 0.0503. The number of phenols is 1. The Morgan fingerprint density at radius 1 is 1.19 bits per heavy atom. The number of hydrogen-bond donors (Lipinski definition) is 4. The van der Waals surface area contributed by atoms with E-state index >= 15 is 0 Å². The Labute approximate surface area is 182 Å². The van der Waals surface area contributed by atoms with Gasteiger partial charge < -0.3 is 24.9 Å². The Bertz CT molecular complexity index is 1420. The molecule has 4 N–H and O–H groups in total. The fraction of sp³-hybridized carbons (Fsp3) is 0.208. The number of amides is 1. The van der Waals surface area contributed by atoms with Crippen molar-refractivity contribution in [2.75, 3.05) is 0 Å². The Kier molecular flexibility index (Phi) is 5.44. The predicted octanol–water partition coefficient (Wildman–Crippen LogP) is 2.95. The number of aromatic hydroxyl groups is 1. The maximum absolute atomic E-state index is 12.7. The number of carbonyl (C=O) groups excluding carboxylic acids is 1. The SMILES string of the molecule is Cc1cc(O)c2c(C)c(CC(=O)N[C@@H](Cc3c[nH]c4ccccc34)C(=O)O)c(=O)oc2c1. The van der Waals surface area contributed by atoms with Crippen LogP contribution in [0.1, 0.15) is 22.3 Å². The molecule has 0 aliphatic carbocycles. The largest absolute Gasteiger partial charge is 0.507 e. The highest BCUT2D eigenvalue weighted by atomic mass is 16.4. The van der Waals surface area contributed by atoms with Gasteiger partial charge in [-0.05, 0) is 48.7 Å². The van der Waals surface area contributed by atoms with E-state index in [0.29, 0.717) is 10.9 Å².